The zero-order valence-corrected chi connectivity index (χ0v) is 18.2. The average Bonchev–Trinajstić information content (AvgIpc) is 3.10. The molecule has 0 bridgehead atoms. The van der Waals surface area contributed by atoms with E-state index in [0.29, 0.717) is 49.9 Å². The molecule has 2 aromatic rings. The van der Waals surface area contributed by atoms with Gasteiger partial charge in [0.1, 0.15) is 5.76 Å². The van der Waals surface area contributed by atoms with Gasteiger partial charge in [-0.1, -0.05) is 5.16 Å². The lowest BCUT2D eigenvalue weighted by Crippen LogP contribution is -2.52. The standard InChI is InChI=1S/C23H30N4O4/c1-16-20(17(2)31-26-16)12-21(28)27-9-6-23(7-10-27)13-18(5-11-30-23)14-25-22(29)19-4-3-8-24-15-19/h3-4,8,15,18H,5-7,9-14H2,1-2H3,(H,25,29). The zero-order chi connectivity index (χ0) is 21.8. The molecule has 31 heavy (non-hydrogen) atoms. The first-order valence-electron chi connectivity index (χ1n) is 11.0. The maximum atomic E-state index is 12.8. The summed E-state index contributed by atoms with van der Waals surface area (Å²) >= 11 is 0. The summed E-state index contributed by atoms with van der Waals surface area (Å²) in [4.78, 5) is 31.0. The Morgan fingerprint density at radius 3 is 2.77 bits per heavy atom. The molecule has 166 valence electrons. The molecule has 8 nitrogen and oxygen atoms in total. The molecule has 2 fully saturated rings. The Morgan fingerprint density at radius 2 is 2.10 bits per heavy atom. The highest BCUT2D eigenvalue weighted by Gasteiger charge is 2.41. The van der Waals surface area contributed by atoms with Crippen molar-refractivity contribution in [1.29, 1.82) is 0 Å². The molecule has 0 aromatic carbocycles. The highest BCUT2D eigenvalue weighted by Crippen LogP contribution is 2.37. The predicted octanol–water partition coefficient (Wildman–Crippen LogP) is 2.45. The first-order chi connectivity index (χ1) is 15.0. The van der Waals surface area contributed by atoms with Crippen molar-refractivity contribution in [1.82, 2.24) is 20.4 Å². The number of aryl methyl sites for hydroxylation is 2. The number of hydrogen-bond donors (Lipinski definition) is 1. The van der Waals surface area contributed by atoms with Crippen LogP contribution in [0, 0.1) is 19.8 Å². The molecular weight excluding hydrogens is 396 g/mol. The van der Waals surface area contributed by atoms with Crippen molar-refractivity contribution in [2.45, 2.75) is 51.6 Å². The van der Waals surface area contributed by atoms with E-state index in [4.69, 9.17) is 9.26 Å². The molecule has 2 saturated heterocycles. The summed E-state index contributed by atoms with van der Waals surface area (Å²) in [5.74, 6) is 1.11. The Kier molecular flexibility index (Phi) is 6.36. The van der Waals surface area contributed by atoms with Crippen LogP contribution in [0.4, 0.5) is 0 Å². The van der Waals surface area contributed by atoms with E-state index >= 15 is 0 Å². The molecule has 4 rings (SSSR count). The Morgan fingerprint density at radius 1 is 1.29 bits per heavy atom. The van der Waals surface area contributed by atoms with Crippen molar-refractivity contribution in [3.8, 4) is 0 Å². The van der Waals surface area contributed by atoms with E-state index < -0.39 is 0 Å². The largest absolute Gasteiger partial charge is 0.375 e. The molecule has 8 heteroatoms. The van der Waals surface area contributed by atoms with E-state index in [-0.39, 0.29) is 17.4 Å². The second-order valence-corrected chi connectivity index (χ2v) is 8.70. The van der Waals surface area contributed by atoms with Crippen LogP contribution in [0.5, 0.6) is 0 Å². The third kappa shape index (κ3) is 4.95. The van der Waals surface area contributed by atoms with Gasteiger partial charge in [0, 0.05) is 44.2 Å². The van der Waals surface area contributed by atoms with Crippen molar-refractivity contribution in [2.75, 3.05) is 26.2 Å². The van der Waals surface area contributed by atoms with Crippen molar-refractivity contribution < 1.29 is 18.8 Å². The maximum absolute atomic E-state index is 12.8. The summed E-state index contributed by atoms with van der Waals surface area (Å²) in [6.45, 7) is 6.42. The van der Waals surface area contributed by atoms with Gasteiger partial charge in [-0.2, -0.15) is 0 Å². The summed E-state index contributed by atoms with van der Waals surface area (Å²) in [6.07, 6.45) is 7.06. The topological polar surface area (TPSA) is 97.6 Å². The van der Waals surface area contributed by atoms with Crippen LogP contribution in [0.1, 0.15) is 53.1 Å². The number of nitrogens with one attached hydrogen (secondary N) is 1. The molecule has 4 heterocycles. The van der Waals surface area contributed by atoms with Gasteiger partial charge in [-0.15, -0.1) is 0 Å². The van der Waals surface area contributed by atoms with Gasteiger partial charge in [0.05, 0.1) is 23.3 Å². The van der Waals surface area contributed by atoms with E-state index in [0.717, 1.165) is 36.9 Å². The molecule has 1 spiro atoms. The number of carbonyl (C=O) groups excluding carboxylic acids is 2. The molecule has 1 N–H and O–H groups in total. The number of ether oxygens (including phenoxy) is 1. The van der Waals surface area contributed by atoms with E-state index in [1.807, 2.05) is 18.7 Å². The maximum Gasteiger partial charge on any atom is 0.252 e. The second-order valence-electron chi connectivity index (χ2n) is 8.70. The SMILES string of the molecule is Cc1noc(C)c1CC(=O)N1CCC2(CC1)CC(CNC(=O)c1cccnc1)CCO2. The van der Waals surface area contributed by atoms with Crippen LogP contribution in [0.15, 0.2) is 29.0 Å². The highest BCUT2D eigenvalue weighted by atomic mass is 16.5. The Bertz CT molecular complexity index is 899. The van der Waals surface area contributed by atoms with E-state index in [1.54, 1.807) is 24.5 Å². The number of pyridine rings is 1. The number of amides is 2. The van der Waals surface area contributed by atoms with Crippen LogP contribution in [0.3, 0.4) is 0 Å². The van der Waals surface area contributed by atoms with E-state index in [1.165, 1.54) is 0 Å². The van der Waals surface area contributed by atoms with Crippen molar-refractivity contribution in [3.05, 3.63) is 47.1 Å². The third-order valence-corrected chi connectivity index (χ3v) is 6.61. The van der Waals surface area contributed by atoms with Crippen molar-refractivity contribution in [2.24, 2.45) is 5.92 Å². The van der Waals surface area contributed by atoms with Crippen LogP contribution in [-0.4, -0.2) is 58.7 Å². The van der Waals surface area contributed by atoms with Gasteiger partial charge >= 0.3 is 0 Å². The number of carbonyl (C=O) groups is 2. The normalized spacial score (nSPS) is 20.6. The molecule has 0 saturated carbocycles. The van der Waals surface area contributed by atoms with Crippen molar-refractivity contribution in [3.63, 3.8) is 0 Å². The minimum absolute atomic E-state index is 0.0895. The lowest BCUT2D eigenvalue weighted by Gasteiger charge is -2.46. The van der Waals surface area contributed by atoms with E-state index in [2.05, 4.69) is 15.5 Å². The minimum Gasteiger partial charge on any atom is -0.375 e. The summed E-state index contributed by atoms with van der Waals surface area (Å²) in [6, 6.07) is 3.53. The fraction of sp³-hybridized carbons (Fsp3) is 0.565. The summed E-state index contributed by atoms with van der Waals surface area (Å²) in [5.41, 5.74) is 2.06. The summed E-state index contributed by atoms with van der Waals surface area (Å²) in [5, 5.41) is 6.98. The Labute approximate surface area is 182 Å². The molecule has 1 atom stereocenters. The Hall–Kier alpha value is -2.74. The second kappa shape index (κ2) is 9.18. The van der Waals surface area contributed by atoms with Crippen LogP contribution in [-0.2, 0) is 16.0 Å². The number of hydrogen-bond acceptors (Lipinski definition) is 6. The lowest BCUT2D eigenvalue weighted by atomic mass is 9.79. The number of likely N-dealkylation sites (tertiary alicyclic amines) is 1. The molecule has 0 aliphatic carbocycles. The van der Waals surface area contributed by atoms with E-state index in [9.17, 15) is 9.59 Å². The molecule has 2 amide bonds. The van der Waals surface area contributed by atoms with Crippen LogP contribution >= 0.6 is 0 Å². The summed E-state index contributed by atoms with van der Waals surface area (Å²) in [7, 11) is 0. The lowest BCUT2D eigenvalue weighted by molar-refractivity contribution is -0.146. The highest BCUT2D eigenvalue weighted by molar-refractivity contribution is 5.93. The van der Waals surface area contributed by atoms with Gasteiger partial charge in [-0.25, -0.2) is 0 Å². The smallest absolute Gasteiger partial charge is 0.252 e. The van der Waals surface area contributed by atoms with Crippen LogP contribution in [0.2, 0.25) is 0 Å². The fourth-order valence-corrected chi connectivity index (χ4v) is 4.67. The van der Waals surface area contributed by atoms with Crippen LogP contribution < -0.4 is 5.32 Å². The van der Waals surface area contributed by atoms with Crippen molar-refractivity contribution >= 4 is 11.8 Å². The van der Waals surface area contributed by atoms with Gasteiger partial charge in [0.15, 0.2) is 0 Å². The Balaban J connectivity index is 1.27. The van der Waals surface area contributed by atoms with Crippen LogP contribution in [0.25, 0.3) is 0 Å². The van der Waals surface area contributed by atoms with Gasteiger partial charge in [0.25, 0.3) is 5.91 Å². The predicted molar refractivity (Wildman–Crippen MR) is 113 cm³/mol. The van der Waals surface area contributed by atoms with Gasteiger partial charge < -0.3 is 19.5 Å². The molecule has 1 unspecified atom stereocenters. The summed E-state index contributed by atoms with van der Waals surface area (Å²) < 4.78 is 11.4. The molecule has 2 aromatic heterocycles. The fourth-order valence-electron chi connectivity index (χ4n) is 4.67. The molecular formula is C23H30N4O4. The van der Waals surface area contributed by atoms with Gasteiger partial charge in [-0.3, -0.25) is 14.6 Å². The number of aromatic nitrogens is 2. The first kappa shape index (κ1) is 21.5. The van der Waals surface area contributed by atoms with Gasteiger partial charge in [0.2, 0.25) is 5.91 Å². The monoisotopic (exact) mass is 426 g/mol. The minimum atomic E-state index is -0.193. The third-order valence-electron chi connectivity index (χ3n) is 6.61. The number of nitrogens with zero attached hydrogens (tertiary/aromatic N) is 3. The first-order valence-corrected chi connectivity index (χ1v) is 11.0. The number of rotatable bonds is 5. The van der Waals surface area contributed by atoms with Gasteiger partial charge in [-0.05, 0) is 57.6 Å². The zero-order valence-electron chi connectivity index (χ0n) is 18.2. The molecule has 2 aliphatic rings. The number of piperidine rings is 1. The average molecular weight is 427 g/mol. The quantitative estimate of drug-likeness (QED) is 0.789. The molecule has 2 aliphatic heterocycles. The molecule has 0 radical (unpaired) electrons.